The van der Waals surface area contributed by atoms with Crippen LogP contribution < -0.4 is 11.1 Å². The Morgan fingerprint density at radius 3 is 2.86 bits per heavy atom. The smallest absolute Gasteiger partial charge is 0.356 e. The number of nitrogens with two attached hydrogens (primary N) is 1. The van der Waals surface area contributed by atoms with E-state index in [1.54, 1.807) is 16.7 Å². The standard InChI is InChI=1S/C14H16N4O3/c1-9-2-3-11(15)10(6-9)13(19)16-4-5-18-7-12(14(20)21)17-8-18/h2-3,6-8H,4-5,15H2,1H3,(H,16,19)(H,20,21). The van der Waals surface area contributed by atoms with Crippen molar-refractivity contribution in [2.45, 2.75) is 13.5 Å². The van der Waals surface area contributed by atoms with Gasteiger partial charge < -0.3 is 20.7 Å². The first-order valence-electron chi connectivity index (χ1n) is 6.37. The first kappa shape index (κ1) is 14.6. The van der Waals surface area contributed by atoms with Crippen molar-refractivity contribution in [3.8, 4) is 0 Å². The maximum atomic E-state index is 12.0. The fraction of sp³-hybridized carbons (Fsp3) is 0.214. The molecule has 1 amide bonds. The fourth-order valence-electron chi connectivity index (χ4n) is 1.85. The van der Waals surface area contributed by atoms with Gasteiger partial charge >= 0.3 is 5.97 Å². The molecule has 0 fully saturated rings. The van der Waals surface area contributed by atoms with Crippen LogP contribution in [-0.4, -0.2) is 33.1 Å². The van der Waals surface area contributed by atoms with Crippen LogP contribution in [0.1, 0.15) is 26.4 Å². The van der Waals surface area contributed by atoms with Gasteiger partial charge in [-0.05, 0) is 19.1 Å². The van der Waals surface area contributed by atoms with Crippen LogP contribution in [0.15, 0.2) is 30.7 Å². The number of nitrogen functional groups attached to an aromatic ring is 1. The Morgan fingerprint density at radius 2 is 2.19 bits per heavy atom. The molecule has 0 unspecified atom stereocenters. The lowest BCUT2D eigenvalue weighted by atomic mass is 10.1. The highest BCUT2D eigenvalue weighted by Crippen LogP contribution is 2.13. The van der Waals surface area contributed by atoms with Gasteiger partial charge in [-0.1, -0.05) is 11.6 Å². The summed E-state index contributed by atoms with van der Waals surface area (Å²) in [7, 11) is 0. The molecule has 1 aromatic heterocycles. The molecule has 110 valence electrons. The Bertz CT molecular complexity index is 679. The number of carbonyl (C=O) groups is 2. The van der Waals surface area contributed by atoms with Crippen molar-refractivity contribution in [1.82, 2.24) is 14.9 Å². The molecule has 21 heavy (non-hydrogen) atoms. The van der Waals surface area contributed by atoms with Crippen molar-refractivity contribution in [2.24, 2.45) is 0 Å². The van der Waals surface area contributed by atoms with Crippen LogP contribution in [0.3, 0.4) is 0 Å². The number of aryl methyl sites for hydroxylation is 1. The second-order valence-electron chi connectivity index (χ2n) is 4.65. The van der Waals surface area contributed by atoms with Crippen LogP contribution in [0.5, 0.6) is 0 Å². The van der Waals surface area contributed by atoms with Crippen LogP contribution in [0.4, 0.5) is 5.69 Å². The molecule has 1 aromatic carbocycles. The van der Waals surface area contributed by atoms with Crippen LogP contribution in [0.25, 0.3) is 0 Å². The quantitative estimate of drug-likeness (QED) is 0.708. The van der Waals surface area contributed by atoms with Gasteiger partial charge in [0.25, 0.3) is 5.91 Å². The molecular formula is C14H16N4O3. The molecule has 1 heterocycles. The number of carbonyl (C=O) groups excluding carboxylic acids is 1. The zero-order chi connectivity index (χ0) is 15.4. The Morgan fingerprint density at radius 1 is 1.43 bits per heavy atom. The Hall–Kier alpha value is -2.83. The zero-order valence-electron chi connectivity index (χ0n) is 11.5. The van der Waals surface area contributed by atoms with Gasteiger partial charge in [0.1, 0.15) is 0 Å². The van der Waals surface area contributed by atoms with E-state index in [1.165, 1.54) is 12.5 Å². The van der Waals surface area contributed by atoms with Gasteiger partial charge in [0.2, 0.25) is 0 Å². The molecule has 7 heteroatoms. The van der Waals surface area contributed by atoms with E-state index in [4.69, 9.17) is 10.8 Å². The molecule has 2 rings (SSSR count). The third kappa shape index (κ3) is 3.59. The summed E-state index contributed by atoms with van der Waals surface area (Å²) in [6.07, 6.45) is 2.83. The normalized spacial score (nSPS) is 10.3. The number of aromatic carboxylic acids is 1. The number of nitrogens with zero attached hydrogens (tertiary/aromatic N) is 2. The van der Waals surface area contributed by atoms with E-state index in [-0.39, 0.29) is 11.6 Å². The number of nitrogens with one attached hydrogen (secondary N) is 1. The Kier molecular flexibility index (Phi) is 4.22. The van der Waals surface area contributed by atoms with E-state index in [2.05, 4.69) is 10.3 Å². The van der Waals surface area contributed by atoms with E-state index in [1.807, 2.05) is 13.0 Å². The topological polar surface area (TPSA) is 110 Å². The molecule has 0 spiro atoms. The predicted molar refractivity (Wildman–Crippen MR) is 77.1 cm³/mol. The highest BCUT2D eigenvalue weighted by atomic mass is 16.4. The van der Waals surface area contributed by atoms with Crippen molar-refractivity contribution in [1.29, 1.82) is 0 Å². The predicted octanol–water partition coefficient (Wildman–Crippen LogP) is 0.902. The number of benzene rings is 1. The first-order valence-corrected chi connectivity index (χ1v) is 6.37. The first-order chi connectivity index (χ1) is 9.97. The molecule has 4 N–H and O–H groups in total. The molecule has 0 aliphatic heterocycles. The van der Waals surface area contributed by atoms with Gasteiger partial charge in [0, 0.05) is 25.0 Å². The summed E-state index contributed by atoms with van der Waals surface area (Å²) in [5.74, 6) is -1.33. The van der Waals surface area contributed by atoms with E-state index in [9.17, 15) is 9.59 Å². The molecule has 0 bridgehead atoms. The summed E-state index contributed by atoms with van der Waals surface area (Å²) in [5, 5.41) is 11.5. The van der Waals surface area contributed by atoms with Crippen LogP contribution in [-0.2, 0) is 6.54 Å². The number of aromatic nitrogens is 2. The van der Waals surface area contributed by atoms with Crippen LogP contribution >= 0.6 is 0 Å². The maximum absolute atomic E-state index is 12.0. The molecule has 0 atom stereocenters. The minimum atomic E-state index is -1.08. The summed E-state index contributed by atoms with van der Waals surface area (Å²) in [6, 6.07) is 5.26. The number of imidazole rings is 1. The third-order valence-electron chi connectivity index (χ3n) is 2.96. The lowest BCUT2D eigenvalue weighted by molar-refractivity contribution is 0.0690. The SMILES string of the molecule is Cc1ccc(N)c(C(=O)NCCn2cnc(C(=O)O)c2)c1. The second-order valence-corrected chi connectivity index (χ2v) is 4.65. The monoisotopic (exact) mass is 288 g/mol. The number of rotatable bonds is 5. The van der Waals surface area contributed by atoms with Crippen molar-refractivity contribution >= 4 is 17.6 Å². The largest absolute Gasteiger partial charge is 0.476 e. The van der Waals surface area contributed by atoms with Gasteiger partial charge in [0.05, 0.1) is 11.9 Å². The van der Waals surface area contributed by atoms with Crippen molar-refractivity contribution in [3.05, 3.63) is 47.5 Å². The average Bonchev–Trinajstić information content (AvgIpc) is 2.90. The van der Waals surface area contributed by atoms with Crippen LogP contribution in [0, 0.1) is 6.92 Å². The lowest BCUT2D eigenvalue weighted by Crippen LogP contribution is -2.27. The Labute approximate surface area is 121 Å². The van der Waals surface area contributed by atoms with Gasteiger partial charge in [-0.15, -0.1) is 0 Å². The van der Waals surface area contributed by atoms with Gasteiger partial charge in [-0.25, -0.2) is 9.78 Å². The van der Waals surface area contributed by atoms with Crippen molar-refractivity contribution in [3.63, 3.8) is 0 Å². The molecule has 0 aliphatic carbocycles. The van der Waals surface area contributed by atoms with E-state index in [0.717, 1.165) is 5.56 Å². The molecule has 0 saturated carbocycles. The number of anilines is 1. The number of carboxylic acids is 1. The molecule has 0 aliphatic rings. The highest BCUT2D eigenvalue weighted by Gasteiger charge is 2.10. The molecule has 2 aromatic rings. The van der Waals surface area contributed by atoms with Gasteiger partial charge in [0.15, 0.2) is 5.69 Å². The number of carboxylic acid groups (broad SMARTS) is 1. The van der Waals surface area contributed by atoms with E-state index >= 15 is 0 Å². The van der Waals surface area contributed by atoms with E-state index in [0.29, 0.717) is 24.3 Å². The molecule has 0 radical (unpaired) electrons. The van der Waals surface area contributed by atoms with Gasteiger partial charge in [-0.3, -0.25) is 4.79 Å². The minimum Gasteiger partial charge on any atom is -0.476 e. The van der Waals surface area contributed by atoms with Crippen molar-refractivity contribution < 1.29 is 14.7 Å². The third-order valence-corrected chi connectivity index (χ3v) is 2.96. The lowest BCUT2D eigenvalue weighted by Gasteiger charge is -2.08. The van der Waals surface area contributed by atoms with Gasteiger partial charge in [-0.2, -0.15) is 0 Å². The number of hydrogen-bond donors (Lipinski definition) is 3. The second kappa shape index (κ2) is 6.08. The molecule has 7 nitrogen and oxygen atoms in total. The van der Waals surface area contributed by atoms with Crippen LogP contribution in [0.2, 0.25) is 0 Å². The fourth-order valence-corrected chi connectivity index (χ4v) is 1.85. The summed E-state index contributed by atoms with van der Waals surface area (Å²) in [4.78, 5) is 26.4. The summed E-state index contributed by atoms with van der Waals surface area (Å²) in [5.41, 5.74) is 7.56. The highest BCUT2D eigenvalue weighted by molar-refractivity contribution is 5.99. The maximum Gasteiger partial charge on any atom is 0.356 e. The Balaban J connectivity index is 1.92. The van der Waals surface area contributed by atoms with Crippen molar-refractivity contribution in [2.75, 3.05) is 12.3 Å². The van der Waals surface area contributed by atoms with E-state index < -0.39 is 5.97 Å². The summed E-state index contributed by atoms with van der Waals surface area (Å²) < 4.78 is 1.60. The minimum absolute atomic E-state index is 0.0238. The summed E-state index contributed by atoms with van der Waals surface area (Å²) in [6.45, 7) is 2.66. The molecular weight excluding hydrogens is 272 g/mol. The summed E-state index contributed by atoms with van der Waals surface area (Å²) >= 11 is 0. The zero-order valence-corrected chi connectivity index (χ0v) is 11.5. The number of hydrogen-bond acceptors (Lipinski definition) is 4. The average molecular weight is 288 g/mol. The molecule has 0 saturated heterocycles. The number of amides is 1.